The fraction of sp³-hybridized carbons (Fsp3) is 0.500. The number of ether oxygens (including phenoxy) is 1. The average Bonchev–Trinajstić information content (AvgIpc) is 2.96. The Kier molecular flexibility index (Phi) is 5.09. The predicted octanol–water partition coefficient (Wildman–Crippen LogP) is 2.97. The molecule has 0 aliphatic carbocycles. The van der Waals surface area contributed by atoms with Crippen LogP contribution in [-0.2, 0) is 16.8 Å². The molecule has 5 nitrogen and oxygen atoms in total. The molecule has 0 fully saturated rings. The molecule has 1 aromatic carbocycles. The third-order valence-electron chi connectivity index (χ3n) is 3.39. The van der Waals surface area contributed by atoms with Gasteiger partial charge in [-0.15, -0.1) is 0 Å². The number of aryl methyl sites for hydroxylation is 1. The highest BCUT2D eigenvalue weighted by molar-refractivity contribution is 5.15. The van der Waals surface area contributed by atoms with Crippen molar-refractivity contribution in [1.29, 1.82) is 0 Å². The van der Waals surface area contributed by atoms with E-state index in [0.29, 0.717) is 18.3 Å². The van der Waals surface area contributed by atoms with Crippen molar-refractivity contribution in [2.75, 3.05) is 6.61 Å². The zero-order valence-corrected chi connectivity index (χ0v) is 12.9. The highest BCUT2D eigenvalue weighted by Crippen LogP contribution is 2.23. The van der Waals surface area contributed by atoms with Gasteiger partial charge in [0.25, 0.3) is 0 Å². The van der Waals surface area contributed by atoms with Crippen LogP contribution in [0.2, 0.25) is 0 Å². The first-order valence-electron chi connectivity index (χ1n) is 7.30. The van der Waals surface area contributed by atoms with E-state index >= 15 is 0 Å². The van der Waals surface area contributed by atoms with E-state index in [2.05, 4.69) is 22.3 Å². The fourth-order valence-corrected chi connectivity index (χ4v) is 2.15. The van der Waals surface area contributed by atoms with Gasteiger partial charge in [-0.1, -0.05) is 35.5 Å². The fourth-order valence-electron chi connectivity index (χ4n) is 2.15. The van der Waals surface area contributed by atoms with Crippen molar-refractivity contribution in [2.45, 2.75) is 45.3 Å². The largest absolute Gasteiger partial charge is 0.368 e. The quantitative estimate of drug-likeness (QED) is 0.848. The van der Waals surface area contributed by atoms with Gasteiger partial charge in [0.2, 0.25) is 11.7 Å². The van der Waals surface area contributed by atoms with Crippen LogP contribution in [0.25, 0.3) is 0 Å². The van der Waals surface area contributed by atoms with Gasteiger partial charge >= 0.3 is 0 Å². The smallest absolute Gasteiger partial charge is 0.243 e. The number of aromatic nitrogens is 2. The van der Waals surface area contributed by atoms with E-state index in [9.17, 15) is 0 Å². The lowest BCUT2D eigenvalue weighted by Crippen LogP contribution is -2.23. The summed E-state index contributed by atoms with van der Waals surface area (Å²) in [5.41, 5.74) is 6.83. The SMILES string of the molecule is CCOC(C)(C)c1noc([C@@H](N)CCc2ccccc2)n1. The molecule has 2 aromatic rings. The molecule has 5 heteroatoms. The number of benzene rings is 1. The third-order valence-corrected chi connectivity index (χ3v) is 3.39. The van der Waals surface area contributed by atoms with E-state index in [4.69, 9.17) is 15.0 Å². The van der Waals surface area contributed by atoms with Crippen molar-refractivity contribution >= 4 is 0 Å². The van der Waals surface area contributed by atoms with E-state index in [1.807, 2.05) is 39.0 Å². The van der Waals surface area contributed by atoms with Crippen molar-refractivity contribution in [3.8, 4) is 0 Å². The van der Waals surface area contributed by atoms with E-state index in [1.54, 1.807) is 0 Å². The molecule has 1 aromatic heterocycles. The molecule has 1 atom stereocenters. The summed E-state index contributed by atoms with van der Waals surface area (Å²) < 4.78 is 10.9. The Labute approximate surface area is 125 Å². The van der Waals surface area contributed by atoms with Crippen molar-refractivity contribution in [3.63, 3.8) is 0 Å². The summed E-state index contributed by atoms with van der Waals surface area (Å²) in [6.45, 7) is 6.37. The van der Waals surface area contributed by atoms with Crippen LogP contribution in [0.3, 0.4) is 0 Å². The first kappa shape index (κ1) is 15.7. The molecule has 0 bridgehead atoms. The number of rotatable bonds is 7. The molecule has 0 saturated carbocycles. The molecule has 1 heterocycles. The van der Waals surface area contributed by atoms with Crippen LogP contribution < -0.4 is 5.73 Å². The number of hydrogen-bond donors (Lipinski definition) is 1. The zero-order chi connectivity index (χ0) is 15.3. The first-order chi connectivity index (χ1) is 10.0. The van der Waals surface area contributed by atoms with Gasteiger partial charge in [-0.2, -0.15) is 4.98 Å². The Morgan fingerprint density at radius 2 is 2.00 bits per heavy atom. The number of nitrogens with two attached hydrogens (primary N) is 1. The Bertz CT molecular complexity index is 552. The van der Waals surface area contributed by atoms with Crippen LogP contribution in [0.4, 0.5) is 0 Å². The molecule has 0 saturated heterocycles. The second-order valence-electron chi connectivity index (χ2n) is 5.53. The lowest BCUT2D eigenvalue weighted by Gasteiger charge is -2.19. The zero-order valence-electron chi connectivity index (χ0n) is 12.9. The molecule has 21 heavy (non-hydrogen) atoms. The van der Waals surface area contributed by atoms with E-state index in [1.165, 1.54) is 5.56 Å². The molecular formula is C16H23N3O2. The van der Waals surface area contributed by atoms with Crippen LogP contribution in [-0.4, -0.2) is 16.7 Å². The first-order valence-corrected chi connectivity index (χ1v) is 7.30. The van der Waals surface area contributed by atoms with Crippen molar-refractivity contribution in [3.05, 3.63) is 47.6 Å². The van der Waals surface area contributed by atoms with Crippen LogP contribution in [0.15, 0.2) is 34.9 Å². The summed E-state index contributed by atoms with van der Waals surface area (Å²) in [6, 6.07) is 9.97. The second kappa shape index (κ2) is 6.83. The van der Waals surface area contributed by atoms with Crippen LogP contribution >= 0.6 is 0 Å². The maximum atomic E-state index is 6.14. The van der Waals surface area contributed by atoms with Gasteiger partial charge in [0.1, 0.15) is 5.60 Å². The van der Waals surface area contributed by atoms with Crippen molar-refractivity contribution in [2.24, 2.45) is 5.73 Å². The van der Waals surface area contributed by atoms with E-state index in [0.717, 1.165) is 12.8 Å². The second-order valence-corrected chi connectivity index (χ2v) is 5.53. The molecule has 0 aliphatic heterocycles. The monoisotopic (exact) mass is 289 g/mol. The van der Waals surface area contributed by atoms with Crippen LogP contribution in [0, 0.1) is 0 Å². The Balaban J connectivity index is 1.97. The maximum absolute atomic E-state index is 6.14. The van der Waals surface area contributed by atoms with Gasteiger partial charge in [0.15, 0.2) is 0 Å². The van der Waals surface area contributed by atoms with Gasteiger partial charge in [-0.25, -0.2) is 0 Å². The summed E-state index contributed by atoms with van der Waals surface area (Å²) in [6.07, 6.45) is 1.65. The van der Waals surface area contributed by atoms with Crippen LogP contribution in [0.1, 0.15) is 50.5 Å². The number of hydrogen-bond acceptors (Lipinski definition) is 5. The highest BCUT2D eigenvalue weighted by Gasteiger charge is 2.28. The van der Waals surface area contributed by atoms with Gasteiger partial charge in [0, 0.05) is 6.61 Å². The van der Waals surface area contributed by atoms with Gasteiger partial charge in [-0.3, -0.25) is 0 Å². The van der Waals surface area contributed by atoms with Crippen LogP contribution in [0.5, 0.6) is 0 Å². The standard InChI is InChI=1S/C16H23N3O2/c1-4-20-16(2,3)15-18-14(21-19-15)13(17)11-10-12-8-6-5-7-9-12/h5-9,13H,4,10-11,17H2,1-3H3/t13-/m0/s1. The molecule has 2 rings (SSSR count). The summed E-state index contributed by atoms with van der Waals surface area (Å²) in [5.74, 6) is 1.00. The summed E-state index contributed by atoms with van der Waals surface area (Å²) in [4.78, 5) is 4.38. The lowest BCUT2D eigenvalue weighted by molar-refractivity contribution is -0.0221. The van der Waals surface area contributed by atoms with Gasteiger partial charge < -0.3 is 15.0 Å². The molecule has 0 radical (unpaired) electrons. The van der Waals surface area contributed by atoms with Crippen molar-refractivity contribution in [1.82, 2.24) is 10.1 Å². The lowest BCUT2D eigenvalue weighted by atomic mass is 10.1. The maximum Gasteiger partial charge on any atom is 0.243 e. The Hall–Kier alpha value is -1.72. The Morgan fingerprint density at radius 3 is 2.67 bits per heavy atom. The van der Waals surface area contributed by atoms with E-state index < -0.39 is 5.60 Å². The summed E-state index contributed by atoms with van der Waals surface area (Å²) in [5, 5.41) is 3.99. The van der Waals surface area contributed by atoms with Gasteiger partial charge in [0.05, 0.1) is 6.04 Å². The predicted molar refractivity (Wildman–Crippen MR) is 80.6 cm³/mol. The minimum absolute atomic E-state index is 0.260. The van der Waals surface area contributed by atoms with Gasteiger partial charge in [-0.05, 0) is 39.2 Å². The highest BCUT2D eigenvalue weighted by atomic mass is 16.5. The molecular weight excluding hydrogens is 266 g/mol. The number of nitrogens with zero attached hydrogens (tertiary/aromatic N) is 2. The minimum Gasteiger partial charge on any atom is -0.368 e. The molecule has 0 amide bonds. The topological polar surface area (TPSA) is 74.2 Å². The third kappa shape index (κ3) is 4.12. The molecule has 0 unspecified atom stereocenters. The normalized spacial score (nSPS) is 13.3. The summed E-state index contributed by atoms with van der Waals surface area (Å²) in [7, 11) is 0. The molecule has 114 valence electrons. The Morgan fingerprint density at radius 1 is 1.29 bits per heavy atom. The molecule has 0 spiro atoms. The minimum atomic E-state index is -0.560. The summed E-state index contributed by atoms with van der Waals surface area (Å²) >= 11 is 0. The molecule has 0 aliphatic rings. The average molecular weight is 289 g/mol. The van der Waals surface area contributed by atoms with Crippen molar-refractivity contribution < 1.29 is 9.26 Å². The molecule has 2 N–H and O–H groups in total. The van der Waals surface area contributed by atoms with E-state index in [-0.39, 0.29) is 6.04 Å².